The van der Waals surface area contributed by atoms with Crippen LogP contribution < -0.4 is 10.1 Å². The molecule has 1 aromatic rings. The molecule has 0 saturated heterocycles. The maximum atomic E-state index is 10.2. The highest BCUT2D eigenvalue weighted by Crippen LogP contribution is 2.24. The van der Waals surface area contributed by atoms with E-state index in [4.69, 9.17) is 9.84 Å². The van der Waals surface area contributed by atoms with Crippen molar-refractivity contribution in [1.29, 1.82) is 0 Å². The second-order valence-electron chi connectivity index (χ2n) is 3.04. The molecule has 0 spiro atoms. The molecule has 16 heavy (non-hydrogen) atoms. The van der Waals surface area contributed by atoms with Gasteiger partial charge in [-0.1, -0.05) is 31.9 Å². The van der Waals surface area contributed by atoms with Crippen LogP contribution in [0.15, 0.2) is 27.1 Å². The molecule has 88 valence electrons. The first-order valence-corrected chi connectivity index (χ1v) is 6.22. The minimum absolute atomic E-state index is 0.393. The number of hydrogen-bond donors (Lipinski definition) is 2. The number of benzene rings is 1. The predicted octanol–water partition coefficient (Wildman–Crippen LogP) is 3.25. The van der Waals surface area contributed by atoms with E-state index in [1.807, 2.05) is 18.2 Å². The maximum absolute atomic E-state index is 10.2. The molecule has 0 heterocycles. The summed E-state index contributed by atoms with van der Waals surface area (Å²) in [6.45, 7) is 0.869. The summed E-state index contributed by atoms with van der Waals surface area (Å²) >= 11 is 6.71. The van der Waals surface area contributed by atoms with Crippen LogP contribution in [0.4, 0.5) is 4.79 Å². The third-order valence-electron chi connectivity index (χ3n) is 1.70. The van der Waals surface area contributed by atoms with E-state index in [1.165, 1.54) is 0 Å². The molecule has 1 aromatic carbocycles. The minimum Gasteiger partial charge on any atom is -0.493 e. The van der Waals surface area contributed by atoms with Crippen molar-refractivity contribution >= 4 is 38.0 Å². The van der Waals surface area contributed by atoms with E-state index in [1.54, 1.807) is 0 Å². The number of nitrogens with one attached hydrogen (secondary N) is 1. The molecule has 0 bridgehead atoms. The number of rotatable bonds is 5. The molecule has 0 radical (unpaired) electrons. The van der Waals surface area contributed by atoms with Crippen LogP contribution in [0.2, 0.25) is 0 Å². The molecule has 2 N–H and O–H groups in total. The van der Waals surface area contributed by atoms with Gasteiger partial charge in [0.1, 0.15) is 5.75 Å². The van der Waals surface area contributed by atoms with Gasteiger partial charge in [0.25, 0.3) is 0 Å². The van der Waals surface area contributed by atoms with Crippen molar-refractivity contribution in [3.05, 3.63) is 27.1 Å². The molecule has 4 nitrogen and oxygen atoms in total. The molecule has 0 aliphatic heterocycles. The van der Waals surface area contributed by atoms with Gasteiger partial charge in [0.05, 0.1) is 6.61 Å². The fourth-order valence-corrected chi connectivity index (χ4v) is 2.32. The van der Waals surface area contributed by atoms with Crippen molar-refractivity contribution in [3.8, 4) is 5.75 Å². The van der Waals surface area contributed by atoms with E-state index in [9.17, 15) is 4.79 Å². The molecule has 0 atom stereocenters. The van der Waals surface area contributed by atoms with Crippen LogP contribution in [-0.2, 0) is 0 Å². The number of amides is 1. The average Bonchev–Trinajstić information content (AvgIpc) is 2.15. The maximum Gasteiger partial charge on any atom is 0.404 e. The summed E-state index contributed by atoms with van der Waals surface area (Å²) in [7, 11) is 0. The van der Waals surface area contributed by atoms with Gasteiger partial charge < -0.3 is 15.2 Å². The normalized spacial score (nSPS) is 9.88. The van der Waals surface area contributed by atoms with Gasteiger partial charge in [-0.2, -0.15) is 0 Å². The van der Waals surface area contributed by atoms with Gasteiger partial charge in [-0.15, -0.1) is 0 Å². The molecule has 6 heteroatoms. The topological polar surface area (TPSA) is 58.6 Å². The Morgan fingerprint density at radius 1 is 1.31 bits per heavy atom. The SMILES string of the molecule is O=C(O)NCCCOc1cc(Br)cc(Br)c1. The van der Waals surface area contributed by atoms with Crippen LogP contribution >= 0.6 is 31.9 Å². The molecular formula is C10H11Br2NO3. The number of carboxylic acid groups (broad SMARTS) is 1. The number of hydrogen-bond acceptors (Lipinski definition) is 2. The molecule has 0 aliphatic carbocycles. The van der Waals surface area contributed by atoms with Gasteiger partial charge >= 0.3 is 6.09 Å². The van der Waals surface area contributed by atoms with Crippen LogP contribution in [0.1, 0.15) is 6.42 Å². The monoisotopic (exact) mass is 351 g/mol. The zero-order chi connectivity index (χ0) is 12.0. The van der Waals surface area contributed by atoms with Crippen molar-refractivity contribution in [3.63, 3.8) is 0 Å². The third kappa shape index (κ3) is 5.37. The summed E-state index contributed by atoms with van der Waals surface area (Å²) in [5, 5.41) is 10.6. The lowest BCUT2D eigenvalue weighted by Crippen LogP contribution is -2.23. The molecule has 0 aromatic heterocycles. The Labute approximate surface area is 110 Å². The first-order chi connectivity index (χ1) is 7.58. The van der Waals surface area contributed by atoms with Crippen molar-refractivity contribution in [2.24, 2.45) is 0 Å². The van der Waals surface area contributed by atoms with E-state index in [-0.39, 0.29) is 0 Å². The highest BCUT2D eigenvalue weighted by atomic mass is 79.9. The fraction of sp³-hybridized carbons (Fsp3) is 0.300. The molecular weight excluding hydrogens is 342 g/mol. The number of carbonyl (C=O) groups is 1. The first-order valence-electron chi connectivity index (χ1n) is 4.63. The van der Waals surface area contributed by atoms with E-state index >= 15 is 0 Å². The number of halogens is 2. The number of ether oxygens (including phenoxy) is 1. The van der Waals surface area contributed by atoms with E-state index < -0.39 is 6.09 Å². The molecule has 1 amide bonds. The molecule has 1 rings (SSSR count). The standard InChI is InChI=1S/C10H11Br2NO3/c11-7-4-8(12)6-9(5-7)16-3-1-2-13-10(14)15/h4-6,13H,1-3H2,(H,14,15). The Morgan fingerprint density at radius 3 is 2.50 bits per heavy atom. The zero-order valence-electron chi connectivity index (χ0n) is 8.37. The first kappa shape index (κ1) is 13.3. The largest absolute Gasteiger partial charge is 0.493 e. The van der Waals surface area contributed by atoms with Crippen LogP contribution in [-0.4, -0.2) is 24.4 Å². The third-order valence-corrected chi connectivity index (χ3v) is 2.62. The Morgan fingerprint density at radius 2 is 1.94 bits per heavy atom. The van der Waals surface area contributed by atoms with Gasteiger partial charge in [-0.05, 0) is 24.6 Å². The average molecular weight is 353 g/mol. The van der Waals surface area contributed by atoms with Gasteiger partial charge in [0.15, 0.2) is 0 Å². The predicted molar refractivity (Wildman–Crippen MR) is 68.0 cm³/mol. The smallest absolute Gasteiger partial charge is 0.404 e. The summed E-state index contributed by atoms with van der Waals surface area (Å²) in [4.78, 5) is 10.2. The Balaban J connectivity index is 2.29. The van der Waals surface area contributed by atoms with Gasteiger partial charge in [0.2, 0.25) is 0 Å². The van der Waals surface area contributed by atoms with Crippen LogP contribution in [0.5, 0.6) is 5.75 Å². The second kappa shape index (κ2) is 6.75. The summed E-state index contributed by atoms with van der Waals surface area (Å²) < 4.78 is 7.32. The molecule has 0 aliphatic rings. The Bertz CT molecular complexity index is 351. The van der Waals surface area contributed by atoms with Gasteiger partial charge in [-0.3, -0.25) is 0 Å². The van der Waals surface area contributed by atoms with Crippen LogP contribution in [0.3, 0.4) is 0 Å². The van der Waals surface area contributed by atoms with Crippen LogP contribution in [0.25, 0.3) is 0 Å². The molecule has 0 unspecified atom stereocenters. The second-order valence-corrected chi connectivity index (χ2v) is 4.87. The molecule has 0 fully saturated rings. The van der Waals surface area contributed by atoms with E-state index in [0.29, 0.717) is 19.6 Å². The van der Waals surface area contributed by atoms with Crippen molar-refractivity contribution in [2.75, 3.05) is 13.2 Å². The molecule has 0 saturated carbocycles. The highest BCUT2D eigenvalue weighted by molar-refractivity contribution is 9.11. The minimum atomic E-state index is -1.01. The van der Waals surface area contributed by atoms with Gasteiger partial charge in [0, 0.05) is 15.5 Å². The highest BCUT2D eigenvalue weighted by Gasteiger charge is 1.99. The fourth-order valence-electron chi connectivity index (χ4n) is 1.07. The lowest BCUT2D eigenvalue weighted by molar-refractivity contribution is 0.193. The van der Waals surface area contributed by atoms with Crippen molar-refractivity contribution in [2.45, 2.75) is 6.42 Å². The van der Waals surface area contributed by atoms with Crippen molar-refractivity contribution in [1.82, 2.24) is 5.32 Å². The zero-order valence-corrected chi connectivity index (χ0v) is 11.5. The van der Waals surface area contributed by atoms with Crippen molar-refractivity contribution < 1.29 is 14.6 Å². The van der Waals surface area contributed by atoms with Crippen LogP contribution in [0, 0.1) is 0 Å². The summed E-state index contributed by atoms with van der Waals surface area (Å²) in [5.74, 6) is 0.747. The Hall–Kier alpha value is -0.750. The van der Waals surface area contributed by atoms with E-state index in [0.717, 1.165) is 14.7 Å². The van der Waals surface area contributed by atoms with E-state index in [2.05, 4.69) is 37.2 Å². The summed E-state index contributed by atoms with van der Waals surface area (Å²) in [6.07, 6.45) is -0.374. The summed E-state index contributed by atoms with van der Waals surface area (Å²) in [5.41, 5.74) is 0. The lowest BCUT2D eigenvalue weighted by atomic mass is 10.3. The Kier molecular flexibility index (Phi) is 5.62. The quantitative estimate of drug-likeness (QED) is 0.800. The summed E-state index contributed by atoms with van der Waals surface area (Å²) in [6, 6.07) is 5.63. The lowest BCUT2D eigenvalue weighted by Gasteiger charge is -2.07. The van der Waals surface area contributed by atoms with Gasteiger partial charge in [-0.25, -0.2) is 4.79 Å².